The van der Waals surface area contributed by atoms with Crippen LogP contribution in [0.5, 0.6) is 5.75 Å². The Labute approximate surface area is 127 Å². The number of halogens is 4. The van der Waals surface area contributed by atoms with Crippen molar-refractivity contribution in [3.8, 4) is 5.75 Å². The molecule has 0 aliphatic rings. The summed E-state index contributed by atoms with van der Waals surface area (Å²) < 4.78 is 46.3. The molecule has 0 saturated heterocycles. The average Bonchev–Trinajstić information content (AvgIpc) is 2.46. The molecule has 0 aromatic heterocycles. The number of rotatable bonds is 6. The smallest absolute Gasteiger partial charge is 0.387 e. The van der Waals surface area contributed by atoms with Crippen LogP contribution in [0.25, 0.3) is 16.5 Å². The Morgan fingerprint density at radius 2 is 2.23 bits per heavy atom. The number of nitrogens with zero attached hydrogens (tertiary/aromatic N) is 3. The molecule has 1 aromatic rings. The van der Waals surface area contributed by atoms with Gasteiger partial charge in [0.25, 0.3) is 0 Å². The number of hydrogen-bond acceptors (Lipinski definition) is 4. The minimum Gasteiger partial charge on any atom is -0.466 e. The van der Waals surface area contributed by atoms with Crippen LogP contribution in [0.2, 0.25) is 5.02 Å². The molecule has 118 valence electrons. The Kier molecular flexibility index (Phi) is 6.55. The molecule has 0 saturated carbocycles. The van der Waals surface area contributed by atoms with E-state index in [0.29, 0.717) is 0 Å². The van der Waals surface area contributed by atoms with Crippen molar-refractivity contribution in [2.24, 2.45) is 5.11 Å². The zero-order chi connectivity index (χ0) is 16.7. The molecule has 0 aliphatic heterocycles. The van der Waals surface area contributed by atoms with Crippen molar-refractivity contribution in [1.82, 2.24) is 0 Å². The number of carbonyl (C=O) groups is 1. The third kappa shape index (κ3) is 4.87. The fourth-order valence-corrected chi connectivity index (χ4v) is 1.73. The van der Waals surface area contributed by atoms with Crippen LogP contribution in [0.4, 0.5) is 13.2 Å². The van der Waals surface area contributed by atoms with E-state index >= 15 is 0 Å². The molecule has 0 fully saturated rings. The van der Waals surface area contributed by atoms with E-state index in [4.69, 9.17) is 17.1 Å². The summed E-state index contributed by atoms with van der Waals surface area (Å²) in [5, 5.41) is 2.80. The highest BCUT2D eigenvalue weighted by atomic mass is 35.5. The fraction of sp³-hybridized carbons (Fsp3) is 0.250. The summed E-state index contributed by atoms with van der Waals surface area (Å²) in [4.78, 5) is 14.0. The molecule has 0 N–H and O–H groups in total. The molecule has 0 heterocycles. The summed E-state index contributed by atoms with van der Waals surface area (Å²) in [6.07, 6.45) is 1.15. The lowest BCUT2D eigenvalue weighted by molar-refractivity contribution is -0.136. The van der Waals surface area contributed by atoms with Gasteiger partial charge in [-0.2, -0.15) is 8.78 Å². The van der Waals surface area contributed by atoms with Gasteiger partial charge in [-0.25, -0.2) is 9.18 Å². The van der Waals surface area contributed by atoms with Crippen molar-refractivity contribution >= 4 is 23.6 Å². The largest absolute Gasteiger partial charge is 0.466 e. The second-order valence-electron chi connectivity index (χ2n) is 3.74. The molecule has 0 spiro atoms. The summed E-state index contributed by atoms with van der Waals surface area (Å²) in [6, 6.07) is 1.95. The van der Waals surface area contributed by atoms with Crippen molar-refractivity contribution in [2.45, 2.75) is 6.61 Å². The van der Waals surface area contributed by atoms with Gasteiger partial charge in [0.05, 0.1) is 18.7 Å². The van der Waals surface area contributed by atoms with Gasteiger partial charge in [0.1, 0.15) is 0 Å². The second-order valence-corrected chi connectivity index (χ2v) is 4.15. The molecule has 1 aromatic carbocycles. The number of benzene rings is 1. The Morgan fingerprint density at radius 1 is 1.55 bits per heavy atom. The molecule has 0 aliphatic carbocycles. The van der Waals surface area contributed by atoms with Gasteiger partial charge in [0, 0.05) is 10.5 Å². The molecule has 0 radical (unpaired) electrons. The number of carbonyl (C=O) groups excluding carboxylic acids is 1. The maximum Gasteiger partial charge on any atom is 0.387 e. The van der Waals surface area contributed by atoms with E-state index in [1.165, 1.54) is 0 Å². The molecule has 22 heavy (non-hydrogen) atoms. The Bertz CT molecular complexity index is 623. The number of alkyl halides is 2. The van der Waals surface area contributed by atoms with Crippen molar-refractivity contribution in [3.05, 3.63) is 44.6 Å². The molecule has 10 heteroatoms. The van der Waals surface area contributed by atoms with Gasteiger partial charge in [-0.1, -0.05) is 16.7 Å². The summed E-state index contributed by atoms with van der Waals surface area (Å²) in [5.74, 6) is -2.73. The van der Waals surface area contributed by atoms with E-state index < -0.39 is 29.2 Å². The molecule has 0 amide bonds. The number of azide groups is 1. The minimum atomic E-state index is -3.23. The molecule has 1 rings (SSSR count). The maximum atomic E-state index is 13.7. The van der Waals surface area contributed by atoms with Gasteiger partial charge in [0.15, 0.2) is 11.6 Å². The highest BCUT2D eigenvalue weighted by Crippen LogP contribution is 2.31. The van der Waals surface area contributed by atoms with Gasteiger partial charge < -0.3 is 9.47 Å². The normalized spacial score (nSPS) is 11.1. The van der Waals surface area contributed by atoms with E-state index in [9.17, 15) is 18.0 Å². The van der Waals surface area contributed by atoms with Crippen LogP contribution >= 0.6 is 11.6 Å². The first-order valence-electron chi connectivity index (χ1n) is 5.62. The molecule has 6 nitrogen and oxygen atoms in total. The molecular weight excluding hydrogens is 327 g/mol. The first kappa shape index (κ1) is 17.7. The van der Waals surface area contributed by atoms with E-state index in [1.807, 2.05) is 0 Å². The van der Waals surface area contributed by atoms with Crippen molar-refractivity contribution in [2.75, 3.05) is 13.7 Å². The zero-order valence-corrected chi connectivity index (χ0v) is 11.9. The van der Waals surface area contributed by atoms with Crippen LogP contribution in [-0.4, -0.2) is 26.2 Å². The highest BCUT2D eigenvalue weighted by Gasteiger charge is 2.16. The maximum absolute atomic E-state index is 13.7. The monoisotopic (exact) mass is 335 g/mol. The van der Waals surface area contributed by atoms with Crippen molar-refractivity contribution in [3.63, 3.8) is 0 Å². The lowest BCUT2D eigenvalue weighted by atomic mass is 10.1. The predicted molar refractivity (Wildman–Crippen MR) is 72.0 cm³/mol. The van der Waals surface area contributed by atoms with Crippen LogP contribution in [0.1, 0.15) is 5.56 Å². The first-order chi connectivity index (χ1) is 10.4. The lowest BCUT2D eigenvalue weighted by Crippen LogP contribution is -2.07. The Balaban J connectivity index is 3.21. The topological polar surface area (TPSA) is 84.3 Å². The van der Waals surface area contributed by atoms with E-state index in [1.54, 1.807) is 0 Å². The quantitative estimate of drug-likeness (QED) is 0.259. The van der Waals surface area contributed by atoms with Crippen molar-refractivity contribution < 1.29 is 27.4 Å². The average molecular weight is 336 g/mol. The van der Waals surface area contributed by atoms with Crippen LogP contribution < -0.4 is 4.74 Å². The highest BCUT2D eigenvalue weighted by molar-refractivity contribution is 6.32. The van der Waals surface area contributed by atoms with Gasteiger partial charge in [-0.15, -0.1) is 0 Å². The molecule has 0 bridgehead atoms. The summed E-state index contributed by atoms with van der Waals surface area (Å²) in [5.41, 5.74) is 8.26. The number of ether oxygens (including phenoxy) is 2. The van der Waals surface area contributed by atoms with E-state index in [0.717, 1.165) is 25.3 Å². The second kappa shape index (κ2) is 8.16. The summed E-state index contributed by atoms with van der Waals surface area (Å²) in [7, 11) is 1.11. The fourth-order valence-electron chi connectivity index (χ4n) is 1.47. The van der Waals surface area contributed by atoms with Crippen LogP contribution in [0.3, 0.4) is 0 Å². The number of hydrogen-bond donors (Lipinski definition) is 0. The van der Waals surface area contributed by atoms with Gasteiger partial charge in [0.2, 0.25) is 0 Å². The standard InChI is InChI=1S/C12H9ClF3N3O3/c1-21-11(20)7(5-18-19-17)2-6-3-8(13)10(9(14)4-6)22-12(15)16/h2-4,12H,5H2,1H3/b7-2-. The minimum absolute atomic E-state index is 0.0710. The third-order valence-electron chi connectivity index (χ3n) is 2.32. The molecule has 0 atom stereocenters. The Morgan fingerprint density at radius 3 is 2.73 bits per heavy atom. The van der Waals surface area contributed by atoms with Crippen LogP contribution in [0.15, 0.2) is 22.8 Å². The predicted octanol–water partition coefficient (Wildman–Crippen LogP) is 3.95. The summed E-state index contributed by atoms with van der Waals surface area (Å²) in [6.45, 7) is -3.57. The van der Waals surface area contributed by atoms with Crippen LogP contribution in [0, 0.1) is 5.82 Å². The van der Waals surface area contributed by atoms with E-state index in [2.05, 4.69) is 19.5 Å². The third-order valence-corrected chi connectivity index (χ3v) is 2.60. The van der Waals surface area contributed by atoms with Crippen molar-refractivity contribution in [1.29, 1.82) is 0 Å². The molecular formula is C12H9ClF3N3O3. The van der Waals surface area contributed by atoms with Gasteiger partial charge in [-0.05, 0) is 29.3 Å². The van der Waals surface area contributed by atoms with Crippen LogP contribution in [-0.2, 0) is 9.53 Å². The van der Waals surface area contributed by atoms with Gasteiger partial charge in [-0.3, -0.25) is 0 Å². The number of methoxy groups -OCH3 is 1. The van der Waals surface area contributed by atoms with Gasteiger partial charge >= 0.3 is 12.6 Å². The first-order valence-corrected chi connectivity index (χ1v) is 6.00. The summed E-state index contributed by atoms with van der Waals surface area (Å²) >= 11 is 5.65. The zero-order valence-electron chi connectivity index (χ0n) is 11.1. The molecule has 0 unspecified atom stereocenters. The lowest BCUT2D eigenvalue weighted by Gasteiger charge is -2.09. The number of esters is 1. The van der Waals surface area contributed by atoms with E-state index in [-0.39, 0.29) is 17.7 Å². The Hall–Kier alpha value is -2.38. The SMILES string of the molecule is COC(=O)/C(=C\c1cc(F)c(OC(F)F)c(Cl)c1)CN=[N+]=[N-].